The molecule has 0 aliphatic rings. The van der Waals surface area contributed by atoms with Gasteiger partial charge >= 0.3 is 0 Å². The summed E-state index contributed by atoms with van der Waals surface area (Å²) in [7, 11) is 0. The quantitative estimate of drug-likeness (QED) is 0.575. The van der Waals surface area contributed by atoms with Crippen LogP contribution in [0.1, 0.15) is 64.9 Å². The Labute approximate surface area is 145 Å². The van der Waals surface area contributed by atoms with Gasteiger partial charge in [-0.15, -0.1) is 0 Å². The molecule has 1 aromatic rings. The Bertz CT molecular complexity index is 496. The van der Waals surface area contributed by atoms with Crippen molar-refractivity contribution in [2.75, 3.05) is 6.61 Å². The molecule has 1 aromatic carbocycles. The molecule has 4 heteroatoms. The summed E-state index contributed by atoms with van der Waals surface area (Å²) < 4.78 is 28.3. The van der Waals surface area contributed by atoms with E-state index in [1.54, 1.807) is 0 Å². The number of rotatable bonds is 11. The van der Waals surface area contributed by atoms with Crippen molar-refractivity contribution in [2.45, 2.75) is 65.3 Å². The molecular weight excluding hydrogens is 308 g/mol. The van der Waals surface area contributed by atoms with Gasteiger partial charge in [0.05, 0.1) is 12.2 Å². The maximum absolute atomic E-state index is 14.1. The molecule has 0 aromatic heterocycles. The Morgan fingerprint density at radius 2 is 1.79 bits per heavy atom. The summed E-state index contributed by atoms with van der Waals surface area (Å²) in [5.74, 6) is -0.771. The highest BCUT2D eigenvalue weighted by molar-refractivity contribution is 5.65. The van der Waals surface area contributed by atoms with Crippen LogP contribution in [-0.2, 0) is 0 Å². The van der Waals surface area contributed by atoms with Gasteiger partial charge in [0.2, 0.25) is 0 Å². The topological polar surface area (TPSA) is 32.3 Å². The Kier molecular flexibility index (Phi) is 9.62. The summed E-state index contributed by atoms with van der Waals surface area (Å²) in [6.45, 7) is 6.15. The summed E-state index contributed by atoms with van der Waals surface area (Å²) in [4.78, 5) is 0. The van der Waals surface area contributed by atoms with Gasteiger partial charge < -0.3 is 10.4 Å². The first-order valence-corrected chi connectivity index (χ1v) is 9.10. The van der Waals surface area contributed by atoms with Crippen molar-refractivity contribution in [3.63, 3.8) is 0 Å². The van der Waals surface area contributed by atoms with Gasteiger partial charge in [-0.2, -0.15) is 0 Å². The predicted molar refractivity (Wildman–Crippen MR) is 96.6 cm³/mol. The normalized spacial score (nSPS) is 14.5. The maximum atomic E-state index is 14.1. The van der Waals surface area contributed by atoms with E-state index >= 15 is 0 Å². The molecule has 2 unspecified atom stereocenters. The van der Waals surface area contributed by atoms with E-state index in [4.69, 9.17) is 0 Å². The van der Waals surface area contributed by atoms with Crippen molar-refractivity contribution in [2.24, 2.45) is 5.92 Å². The van der Waals surface area contributed by atoms with E-state index in [9.17, 15) is 13.9 Å². The van der Waals surface area contributed by atoms with Gasteiger partial charge in [-0.1, -0.05) is 46.1 Å². The Morgan fingerprint density at radius 3 is 2.29 bits per heavy atom. The summed E-state index contributed by atoms with van der Waals surface area (Å²) in [6, 6.07) is 3.97. The number of aliphatic hydroxyl groups is 1. The molecule has 2 nitrogen and oxygen atoms in total. The molecule has 0 spiro atoms. The standard InChI is InChI=1S/C20H31F2NO/c1-4-7-10-15(9-5-2)18(6-3)23-19(13-14-24)20-16(21)11-8-12-17(20)22/h8,11-13,15,18,23-24H,4-7,9-10,14H2,1-3H3/b19-13+. The third kappa shape index (κ3) is 5.90. The summed E-state index contributed by atoms with van der Waals surface area (Å²) in [6.07, 6.45) is 7.87. The molecule has 0 radical (unpaired) electrons. The molecule has 1 rings (SSSR count). The zero-order valence-corrected chi connectivity index (χ0v) is 15.1. The molecule has 0 saturated carbocycles. The first kappa shape index (κ1) is 20.6. The first-order valence-electron chi connectivity index (χ1n) is 9.10. The molecule has 0 bridgehead atoms. The van der Waals surface area contributed by atoms with Crippen molar-refractivity contribution in [1.82, 2.24) is 5.32 Å². The lowest BCUT2D eigenvalue weighted by Gasteiger charge is -2.29. The van der Waals surface area contributed by atoms with Crippen LogP contribution in [0.2, 0.25) is 0 Å². The van der Waals surface area contributed by atoms with Crippen LogP contribution in [0.15, 0.2) is 24.3 Å². The fourth-order valence-corrected chi connectivity index (χ4v) is 3.22. The van der Waals surface area contributed by atoms with Crippen molar-refractivity contribution in [3.8, 4) is 0 Å². The fourth-order valence-electron chi connectivity index (χ4n) is 3.22. The molecule has 0 fully saturated rings. The molecule has 136 valence electrons. The summed E-state index contributed by atoms with van der Waals surface area (Å²) in [5.41, 5.74) is 0.258. The van der Waals surface area contributed by atoms with E-state index in [0.717, 1.165) is 38.5 Å². The monoisotopic (exact) mass is 339 g/mol. The third-order valence-corrected chi connectivity index (χ3v) is 4.47. The Morgan fingerprint density at radius 1 is 1.12 bits per heavy atom. The minimum atomic E-state index is -0.613. The smallest absolute Gasteiger partial charge is 0.135 e. The van der Waals surface area contributed by atoms with Crippen molar-refractivity contribution >= 4 is 5.70 Å². The number of halogens is 2. The highest BCUT2D eigenvalue weighted by Crippen LogP contribution is 2.26. The van der Waals surface area contributed by atoms with Gasteiger partial charge in [-0.25, -0.2) is 8.78 Å². The van der Waals surface area contributed by atoms with E-state index in [1.165, 1.54) is 24.3 Å². The van der Waals surface area contributed by atoms with Gasteiger partial charge in [-0.05, 0) is 43.4 Å². The van der Waals surface area contributed by atoms with Gasteiger partial charge in [0.1, 0.15) is 11.6 Å². The molecule has 0 aliphatic heterocycles. The van der Waals surface area contributed by atoms with Gasteiger partial charge in [0.15, 0.2) is 0 Å². The lowest BCUT2D eigenvalue weighted by Crippen LogP contribution is -2.35. The summed E-state index contributed by atoms with van der Waals surface area (Å²) >= 11 is 0. The van der Waals surface area contributed by atoms with Gasteiger partial charge in [-0.3, -0.25) is 0 Å². The lowest BCUT2D eigenvalue weighted by molar-refractivity contribution is 0.320. The third-order valence-electron chi connectivity index (χ3n) is 4.47. The van der Waals surface area contributed by atoms with Crippen LogP contribution in [0, 0.1) is 17.6 Å². The van der Waals surface area contributed by atoms with Crippen molar-refractivity contribution < 1.29 is 13.9 Å². The maximum Gasteiger partial charge on any atom is 0.135 e. The van der Waals surface area contributed by atoms with Crippen LogP contribution >= 0.6 is 0 Å². The van der Waals surface area contributed by atoms with Gasteiger partial charge in [0, 0.05) is 11.7 Å². The fraction of sp³-hybridized carbons (Fsp3) is 0.600. The van der Waals surface area contributed by atoms with E-state index in [2.05, 4.69) is 26.1 Å². The second-order valence-corrected chi connectivity index (χ2v) is 6.25. The number of hydrogen-bond acceptors (Lipinski definition) is 2. The largest absolute Gasteiger partial charge is 0.392 e. The van der Waals surface area contributed by atoms with E-state index in [0.29, 0.717) is 11.6 Å². The Hall–Kier alpha value is -1.42. The first-order chi connectivity index (χ1) is 11.6. The van der Waals surface area contributed by atoms with E-state index in [1.807, 2.05) is 0 Å². The van der Waals surface area contributed by atoms with Crippen LogP contribution in [0.4, 0.5) is 8.78 Å². The summed E-state index contributed by atoms with van der Waals surface area (Å²) in [5, 5.41) is 12.6. The Balaban J connectivity index is 3.05. The van der Waals surface area contributed by atoms with E-state index in [-0.39, 0.29) is 18.2 Å². The van der Waals surface area contributed by atoms with Crippen LogP contribution < -0.4 is 5.32 Å². The number of aliphatic hydroxyl groups excluding tert-OH is 1. The van der Waals surface area contributed by atoms with Gasteiger partial charge in [0.25, 0.3) is 0 Å². The number of nitrogens with one attached hydrogen (secondary N) is 1. The predicted octanol–water partition coefficient (Wildman–Crippen LogP) is 5.27. The van der Waals surface area contributed by atoms with Crippen molar-refractivity contribution in [1.29, 1.82) is 0 Å². The molecule has 0 saturated heterocycles. The minimum absolute atomic E-state index is 0.0873. The van der Waals surface area contributed by atoms with Crippen LogP contribution in [-0.4, -0.2) is 17.8 Å². The highest BCUT2D eigenvalue weighted by atomic mass is 19.1. The molecular formula is C20H31F2NO. The number of hydrogen-bond donors (Lipinski definition) is 2. The lowest BCUT2D eigenvalue weighted by atomic mass is 9.87. The number of unbranched alkanes of at least 4 members (excludes halogenated alkanes) is 1. The van der Waals surface area contributed by atoms with Crippen LogP contribution in [0.3, 0.4) is 0 Å². The molecule has 0 heterocycles. The average Bonchev–Trinajstić information content (AvgIpc) is 2.56. The van der Waals surface area contributed by atoms with Crippen LogP contribution in [0.25, 0.3) is 5.70 Å². The molecule has 24 heavy (non-hydrogen) atoms. The molecule has 2 atom stereocenters. The average molecular weight is 339 g/mol. The molecule has 0 aliphatic carbocycles. The van der Waals surface area contributed by atoms with Crippen LogP contribution in [0.5, 0.6) is 0 Å². The highest BCUT2D eigenvalue weighted by Gasteiger charge is 2.22. The zero-order valence-electron chi connectivity index (χ0n) is 15.1. The zero-order chi connectivity index (χ0) is 17.9. The molecule has 2 N–H and O–H groups in total. The second-order valence-electron chi connectivity index (χ2n) is 6.25. The van der Waals surface area contributed by atoms with E-state index < -0.39 is 11.6 Å². The number of benzene rings is 1. The molecule has 0 amide bonds. The minimum Gasteiger partial charge on any atom is -0.392 e. The SMILES string of the molecule is CCCCC(CCC)C(CC)N/C(=C/CO)c1c(F)cccc1F. The second kappa shape index (κ2) is 11.2. The van der Waals surface area contributed by atoms with Crippen molar-refractivity contribution in [3.05, 3.63) is 41.5 Å².